The summed E-state index contributed by atoms with van der Waals surface area (Å²) in [5, 5.41) is 14.4. The second kappa shape index (κ2) is 6.22. The van der Waals surface area contributed by atoms with Crippen molar-refractivity contribution in [2.45, 2.75) is 6.04 Å². The first-order valence-corrected chi connectivity index (χ1v) is 5.35. The number of benzene rings is 1. The Morgan fingerprint density at radius 1 is 1.41 bits per heavy atom. The Hall–Kier alpha value is -1.59. The van der Waals surface area contributed by atoms with Crippen molar-refractivity contribution in [3.63, 3.8) is 0 Å². The molecule has 0 spiro atoms. The van der Waals surface area contributed by atoms with Crippen molar-refractivity contribution in [2.24, 2.45) is 0 Å². The number of carboxylic acids is 1. The molecule has 17 heavy (non-hydrogen) atoms. The highest BCUT2D eigenvalue weighted by molar-refractivity contribution is 6.31. The highest BCUT2D eigenvalue weighted by Crippen LogP contribution is 2.22. The van der Waals surface area contributed by atoms with Gasteiger partial charge in [-0.2, -0.15) is 0 Å². The Kier molecular flexibility index (Phi) is 4.93. The summed E-state index contributed by atoms with van der Waals surface area (Å²) in [6, 6.07) is 5.38. The molecule has 3 N–H and O–H groups in total. The van der Waals surface area contributed by atoms with Crippen LogP contribution in [-0.4, -0.2) is 30.6 Å². The van der Waals surface area contributed by atoms with E-state index in [-0.39, 0.29) is 6.54 Å². The van der Waals surface area contributed by atoms with Crippen LogP contribution in [0.3, 0.4) is 0 Å². The first-order valence-electron chi connectivity index (χ1n) is 4.97. The van der Waals surface area contributed by atoms with Crippen LogP contribution in [0.4, 0.5) is 0 Å². The van der Waals surface area contributed by atoms with E-state index in [0.29, 0.717) is 10.6 Å². The molecular weight excluding hydrogens is 244 g/mol. The minimum Gasteiger partial charge on any atom is -0.479 e. The van der Waals surface area contributed by atoms with Gasteiger partial charge in [-0.15, -0.1) is 0 Å². The minimum absolute atomic E-state index is 0.0498. The number of hydrogen-bond donors (Lipinski definition) is 3. The quantitative estimate of drug-likeness (QED) is 0.728. The molecule has 0 aliphatic carbocycles. The summed E-state index contributed by atoms with van der Waals surface area (Å²) in [4.78, 5) is 22.5. The summed E-state index contributed by atoms with van der Waals surface area (Å²) in [6.07, 6.45) is 0. The fourth-order valence-electron chi connectivity index (χ4n) is 1.35. The standard InChI is InChI=1S/C11H13ClN2O3/c1-13-6-9(15)14-10(11(16)17)7-4-2-3-5-8(7)12/h2-5,10,13H,6H2,1H3,(H,14,15)(H,16,17)/t10-/m1/s1. The third kappa shape index (κ3) is 3.72. The molecule has 6 heteroatoms. The molecule has 0 saturated carbocycles. The van der Waals surface area contributed by atoms with Gasteiger partial charge in [-0.05, 0) is 13.1 Å². The number of halogens is 1. The van der Waals surface area contributed by atoms with E-state index in [1.165, 1.54) is 0 Å². The second-order valence-electron chi connectivity index (χ2n) is 3.39. The molecule has 5 nitrogen and oxygen atoms in total. The number of hydrogen-bond acceptors (Lipinski definition) is 3. The second-order valence-corrected chi connectivity index (χ2v) is 3.80. The predicted octanol–water partition coefficient (Wildman–Crippen LogP) is 0.801. The third-order valence-electron chi connectivity index (χ3n) is 2.11. The molecule has 1 atom stereocenters. The molecule has 0 aromatic heterocycles. The highest BCUT2D eigenvalue weighted by Gasteiger charge is 2.23. The van der Waals surface area contributed by atoms with Crippen LogP contribution < -0.4 is 10.6 Å². The van der Waals surface area contributed by atoms with E-state index in [1.807, 2.05) is 0 Å². The van der Waals surface area contributed by atoms with E-state index in [2.05, 4.69) is 10.6 Å². The summed E-state index contributed by atoms with van der Waals surface area (Å²) < 4.78 is 0. The molecule has 0 aliphatic rings. The van der Waals surface area contributed by atoms with Crippen LogP contribution in [0.2, 0.25) is 5.02 Å². The lowest BCUT2D eigenvalue weighted by Crippen LogP contribution is -2.38. The van der Waals surface area contributed by atoms with Crippen LogP contribution in [0.1, 0.15) is 11.6 Å². The van der Waals surface area contributed by atoms with Crippen molar-refractivity contribution in [2.75, 3.05) is 13.6 Å². The fraction of sp³-hybridized carbons (Fsp3) is 0.273. The number of amides is 1. The Morgan fingerprint density at radius 2 is 2.06 bits per heavy atom. The van der Waals surface area contributed by atoms with Crippen LogP contribution in [0, 0.1) is 0 Å². The summed E-state index contributed by atoms with van der Waals surface area (Å²) in [6.45, 7) is 0.0498. The third-order valence-corrected chi connectivity index (χ3v) is 2.45. The van der Waals surface area contributed by atoms with Gasteiger partial charge < -0.3 is 15.7 Å². The lowest BCUT2D eigenvalue weighted by molar-refractivity contribution is -0.141. The SMILES string of the molecule is CNCC(=O)N[C@@H](C(=O)O)c1ccccc1Cl. The highest BCUT2D eigenvalue weighted by atomic mass is 35.5. The molecule has 1 amide bonds. The van der Waals surface area contributed by atoms with Crippen molar-refractivity contribution >= 4 is 23.5 Å². The van der Waals surface area contributed by atoms with Gasteiger partial charge in [0.2, 0.25) is 5.91 Å². The zero-order valence-corrected chi connectivity index (χ0v) is 9.99. The number of carboxylic acid groups (broad SMARTS) is 1. The summed E-state index contributed by atoms with van der Waals surface area (Å²) >= 11 is 5.89. The van der Waals surface area contributed by atoms with Crippen molar-refractivity contribution in [3.8, 4) is 0 Å². The van der Waals surface area contributed by atoms with E-state index in [1.54, 1.807) is 31.3 Å². The van der Waals surface area contributed by atoms with Gasteiger partial charge in [0, 0.05) is 10.6 Å². The maximum absolute atomic E-state index is 11.4. The van der Waals surface area contributed by atoms with Gasteiger partial charge in [0.25, 0.3) is 0 Å². The normalized spacial score (nSPS) is 11.9. The van der Waals surface area contributed by atoms with Crippen LogP contribution in [0.15, 0.2) is 24.3 Å². The molecule has 0 saturated heterocycles. The van der Waals surface area contributed by atoms with E-state index < -0.39 is 17.9 Å². The van der Waals surface area contributed by atoms with Gasteiger partial charge in [0.05, 0.1) is 6.54 Å². The smallest absolute Gasteiger partial charge is 0.330 e. The Balaban J connectivity index is 2.91. The van der Waals surface area contributed by atoms with Crippen LogP contribution in [-0.2, 0) is 9.59 Å². The van der Waals surface area contributed by atoms with E-state index >= 15 is 0 Å². The molecule has 1 rings (SSSR count). The number of nitrogens with one attached hydrogen (secondary N) is 2. The predicted molar refractivity (Wildman–Crippen MR) is 63.9 cm³/mol. The van der Waals surface area contributed by atoms with Crippen molar-refractivity contribution < 1.29 is 14.7 Å². The Labute approximate surface area is 104 Å². The van der Waals surface area contributed by atoms with Gasteiger partial charge in [0.1, 0.15) is 0 Å². The largest absolute Gasteiger partial charge is 0.479 e. The number of carbonyl (C=O) groups is 2. The van der Waals surface area contributed by atoms with E-state index in [4.69, 9.17) is 16.7 Å². The minimum atomic E-state index is -1.15. The Bertz CT molecular complexity index is 423. The van der Waals surface area contributed by atoms with Gasteiger partial charge in [0.15, 0.2) is 6.04 Å². The average Bonchev–Trinajstić information content (AvgIpc) is 2.27. The van der Waals surface area contributed by atoms with Gasteiger partial charge >= 0.3 is 5.97 Å². The molecular formula is C11H13ClN2O3. The molecule has 0 aliphatic heterocycles. The topological polar surface area (TPSA) is 78.4 Å². The van der Waals surface area contributed by atoms with Crippen molar-refractivity contribution in [1.82, 2.24) is 10.6 Å². The van der Waals surface area contributed by atoms with E-state index in [9.17, 15) is 9.59 Å². The first-order chi connectivity index (χ1) is 8.06. The number of likely N-dealkylation sites (N-methyl/N-ethyl adjacent to an activating group) is 1. The lowest BCUT2D eigenvalue weighted by atomic mass is 10.1. The Morgan fingerprint density at radius 3 is 2.59 bits per heavy atom. The zero-order chi connectivity index (χ0) is 12.8. The summed E-state index contributed by atoms with van der Waals surface area (Å²) in [7, 11) is 1.60. The molecule has 92 valence electrons. The molecule has 1 aromatic carbocycles. The average molecular weight is 257 g/mol. The maximum Gasteiger partial charge on any atom is 0.330 e. The van der Waals surface area contributed by atoms with Crippen LogP contribution in [0.25, 0.3) is 0 Å². The van der Waals surface area contributed by atoms with Gasteiger partial charge in [-0.3, -0.25) is 4.79 Å². The molecule has 0 radical (unpaired) electrons. The van der Waals surface area contributed by atoms with Crippen LogP contribution in [0.5, 0.6) is 0 Å². The number of carbonyl (C=O) groups excluding carboxylic acids is 1. The van der Waals surface area contributed by atoms with Crippen LogP contribution >= 0.6 is 11.6 Å². The van der Waals surface area contributed by atoms with Gasteiger partial charge in [-0.25, -0.2) is 4.79 Å². The van der Waals surface area contributed by atoms with E-state index in [0.717, 1.165) is 0 Å². The van der Waals surface area contributed by atoms with Crippen molar-refractivity contribution in [1.29, 1.82) is 0 Å². The molecule has 0 bridgehead atoms. The fourth-order valence-corrected chi connectivity index (χ4v) is 1.60. The first kappa shape index (κ1) is 13.5. The number of rotatable bonds is 5. The maximum atomic E-state index is 11.4. The monoisotopic (exact) mass is 256 g/mol. The molecule has 0 unspecified atom stereocenters. The molecule has 0 fully saturated rings. The lowest BCUT2D eigenvalue weighted by Gasteiger charge is -2.15. The zero-order valence-electron chi connectivity index (χ0n) is 9.24. The summed E-state index contributed by atoms with van der Waals surface area (Å²) in [5.74, 6) is -1.55. The van der Waals surface area contributed by atoms with Gasteiger partial charge in [-0.1, -0.05) is 29.8 Å². The molecule has 0 heterocycles. The van der Waals surface area contributed by atoms with Crippen molar-refractivity contribution in [3.05, 3.63) is 34.9 Å². The molecule has 1 aromatic rings. The number of aliphatic carboxylic acids is 1. The summed E-state index contributed by atoms with van der Waals surface area (Å²) in [5.41, 5.74) is 0.367.